The van der Waals surface area contributed by atoms with Crippen molar-refractivity contribution >= 4 is 16.7 Å². The van der Waals surface area contributed by atoms with Crippen LogP contribution in [-0.2, 0) is 15.6 Å². The molecule has 4 nitrogen and oxygen atoms in total. The molecule has 5 heteroatoms. The van der Waals surface area contributed by atoms with Gasteiger partial charge in [0, 0.05) is 28.9 Å². The lowest BCUT2D eigenvalue weighted by Gasteiger charge is -2.18. The average Bonchev–Trinajstić information content (AvgIpc) is 2.13. The molecule has 0 aliphatic carbocycles. The van der Waals surface area contributed by atoms with Crippen molar-refractivity contribution in [2.75, 3.05) is 12.0 Å². The van der Waals surface area contributed by atoms with Crippen LogP contribution >= 0.6 is 0 Å². The van der Waals surface area contributed by atoms with E-state index in [1.807, 2.05) is 20.8 Å². The normalized spacial score (nSPS) is 16.9. The molecule has 3 N–H and O–H groups in total. The Hall–Kier alpha value is -0.420. The molecule has 0 radical (unpaired) electrons. The Morgan fingerprint density at radius 1 is 1.38 bits per heavy atom. The summed E-state index contributed by atoms with van der Waals surface area (Å²) < 4.78 is 10.9. The molecule has 0 fully saturated rings. The molecule has 0 saturated heterocycles. The van der Waals surface area contributed by atoms with E-state index in [9.17, 15) is 9.00 Å². The molecule has 0 rings (SSSR count). The number of hydrogen-bond acceptors (Lipinski definition) is 3. The van der Waals surface area contributed by atoms with E-state index in [0.29, 0.717) is 18.1 Å². The summed E-state index contributed by atoms with van der Waals surface area (Å²) in [4.78, 5) is 11.6. The van der Waals surface area contributed by atoms with Gasteiger partial charge < -0.3 is 11.1 Å². The van der Waals surface area contributed by atoms with Gasteiger partial charge in [-0.05, 0) is 25.7 Å². The van der Waals surface area contributed by atoms with Gasteiger partial charge >= 0.3 is 0 Å². The lowest BCUT2D eigenvalue weighted by molar-refractivity contribution is -0.123. The highest BCUT2D eigenvalue weighted by molar-refractivity contribution is 7.84. The number of carbonyl (C=O) groups excluding carboxylic acids is 1. The molecule has 0 aliphatic rings. The Labute approximate surface area is 101 Å². The molecular formula is C11H24N2O2S. The van der Waals surface area contributed by atoms with Gasteiger partial charge in [-0.25, -0.2) is 0 Å². The topological polar surface area (TPSA) is 72.2 Å². The molecule has 96 valence electrons. The summed E-state index contributed by atoms with van der Waals surface area (Å²) in [6, 6.07) is -0.399. The molecule has 0 saturated carbocycles. The molecule has 0 aromatic heterocycles. The largest absolute Gasteiger partial charge is 0.352 e. The maximum Gasteiger partial charge on any atom is 0.237 e. The SMILES string of the molecule is CC(C)C[C@@H](N)C(=O)NC(C)CCS(C)=O. The van der Waals surface area contributed by atoms with Crippen molar-refractivity contribution in [1.29, 1.82) is 0 Å². The second-order valence-electron chi connectivity index (χ2n) is 4.71. The summed E-state index contributed by atoms with van der Waals surface area (Å²) in [7, 11) is -0.803. The fourth-order valence-electron chi connectivity index (χ4n) is 1.38. The van der Waals surface area contributed by atoms with Crippen LogP contribution in [0.1, 0.15) is 33.6 Å². The van der Waals surface area contributed by atoms with E-state index in [4.69, 9.17) is 5.73 Å². The Bertz CT molecular complexity index is 244. The van der Waals surface area contributed by atoms with Crippen LogP contribution in [-0.4, -0.2) is 34.2 Å². The molecule has 0 aromatic rings. The molecule has 0 spiro atoms. The quantitative estimate of drug-likeness (QED) is 0.694. The monoisotopic (exact) mass is 248 g/mol. The third-order valence-electron chi connectivity index (χ3n) is 2.29. The number of hydrogen-bond donors (Lipinski definition) is 2. The van der Waals surface area contributed by atoms with Crippen LogP contribution in [0.5, 0.6) is 0 Å². The summed E-state index contributed by atoms with van der Waals surface area (Å²) in [6.45, 7) is 5.99. The Morgan fingerprint density at radius 3 is 2.38 bits per heavy atom. The zero-order chi connectivity index (χ0) is 12.7. The predicted octanol–water partition coefficient (Wildman–Crippen LogP) is 0.633. The van der Waals surface area contributed by atoms with Crippen molar-refractivity contribution < 1.29 is 9.00 Å². The van der Waals surface area contributed by atoms with Crippen LogP contribution in [0.25, 0.3) is 0 Å². The zero-order valence-electron chi connectivity index (χ0n) is 10.7. The second-order valence-corrected chi connectivity index (χ2v) is 6.27. The van der Waals surface area contributed by atoms with Gasteiger partial charge in [-0.3, -0.25) is 9.00 Å². The summed E-state index contributed by atoms with van der Waals surface area (Å²) in [6.07, 6.45) is 3.08. The first-order chi connectivity index (χ1) is 7.32. The minimum atomic E-state index is -0.803. The van der Waals surface area contributed by atoms with E-state index in [2.05, 4.69) is 5.32 Å². The lowest BCUT2D eigenvalue weighted by atomic mass is 10.0. The van der Waals surface area contributed by atoms with Crippen LogP contribution in [0.3, 0.4) is 0 Å². The Morgan fingerprint density at radius 2 is 1.94 bits per heavy atom. The van der Waals surface area contributed by atoms with Crippen molar-refractivity contribution in [1.82, 2.24) is 5.32 Å². The van der Waals surface area contributed by atoms with E-state index in [1.54, 1.807) is 6.26 Å². The first kappa shape index (κ1) is 15.6. The molecule has 2 unspecified atom stereocenters. The van der Waals surface area contributed by atoms with Crippen LogP contribution < -0.4 is 11.1 Å². The van der Waals surface area contributed by atoms with Crippen molar-refractivity contribution in [3.05, 3.63) is 0 Å². The van der Waals surface area contributed by atoms with Gasteiger partial charge in [0.05, 0.1) is 6.04 Å². The van der Waals surface area contributed by atoms with E-state index in [0.717, 1.165) is 6.42 Å². The maximum absolute atomic E-state index is 11.6. The summed E-state index contributed by atoms with van der Waals surface area (Å²) in [5, 5.41) is 2.84. The summed E-state index contributed by atoms with van der Waals surface area (Å²) in [5.74, 6) is 0.920. The van der Waals surface area contributed by atoms with Gasteiger partial charge in [0.15, 0.2) is 0 Å². The Balaban J connectivity index is 3.89. The average molecular weight is 248 g/mol. The van der Waals surface area contributed by atoms with Gasteiger partial charge in [0.25, 0.3) is 0 Å². The highest BCUT2D eigenvalue weighted by Crippen LogP contribution is 2.03. The first-order valence-corrected chi connectivity index (χ1v) is 7.41. The number of carbonyl (C=O) groups is 1. The molecule has 16 heavy (non-hydrogen) atoms. The molecule has 1 amide bonds. The van der Waals surface area contributed by atoms with Crippen LogP contribution in [0, 0.1) is 5.92 Å². The first-order valence-electron chi connectivity index (χ1n) is 5.69. The van der Waals surface area contributed by atoms with Gasteiger partial charge in [0.1, 0.15) is 0 Å². The van der Waals surface area contributed by atoms with Crippen LogP contribution in [0.4, 0.5) is 0 Å². The van der Waals surface area contributed by atoms with Crippen LogP contribution in [0.2, 0.25) is 0 Å². The third kappa shape index (κ3) is 7.82. The van der Waals surface area contributed by atoms with Gasteiger partial charge in [-0.15, -0.1) is 0 Å². The van der Waals surface area contributed by atoms with E-state index < -0.39 is 16.8 Å². The maximum atomic E-state index is 11.6. The highest BCUT2D eigenvalue weighted by atomic mass is 32.2. The fraction of sp³-hybridized carbons (Fsp3) is 0.909. The summed E-state index contributed by atoms with van der Waals surface area (Å²) >= 11 is 0. The fourth-order valence-corrected chi connectivity index (χ4v) is 2.07. The van der Waals surface area contributed by atoms with Gasteiger partial charge in [-0.1, -0.05) is 13.8 Å². The molecule has 0 bridgehead atoms. The number of rotatable bonds is 7. The van der Waals surface area contributed by atoms with Crippen molar-refractivity contribution in [3.8, 4) is 0 Å². The van der Waals surface area contributed by atoms with Gasteiger partial charge in [-0.2, -0.15) is 0 Å². The lowest BCUT2D eigenvalue weighted by Crippen LogP contribution is -2.45. The minimum absolute atomic E-state index is 0.0367. The Kier molecular flexibility index (Phi) is 7.58. The number of amides is 1. The molecular weight excluding hydrogens is 224 g/mol. The van der Waals surface area contributed by atoms with E-state index in [1.165, 1.54) is 0 Å². The molecule has 0 heterocycles. The minimum Gasteiger partial charge on any atom is -0.352 e. The predicted molar refractivity (Wildman–Crippen MR) is 68.6 cm³/mol. The smallest absolute Gasteiger partial charge is 0.237 e. The van der Waals surface area contributed by atoms with Gasteiger partial charge in [0.2, 0.25) is 5.91 Å². The highest BCUT2D eigenvalue weighted by Gasteiger charge is 2.16. The number of nitrogens with one attached hydrogen (secondary N) is 1. The molecule has 3 atom stereocenters. The summed E-state index contributed by atoms with van der Waals surface area (Å²) in [5.41, 5.74) is 5.75. The van der Waals surface area contributed by atoms with Crippen molar-refractivity contribution in [3.63, 3.8) is 0 Å². The molecule has 0 aromatic carbocycles. The zero-order valence-corrected chi connectivity index (χ0v) is 11.5. The van der Waals surface area contributed by atoms with E-state index >= 15 is 0 Å². The second kappa shape index (κ2) is 7.79. The number of nitrogens with two attached hydrogens (primary N) is 1. The van der Waals surface area contributed by atoms with Crippen molar-refractivity contribution in [2.24, 2.45) is 11.7 Å². The standard InChI is InChI=1S/C11H24N2O2S/c1-8(2)7-10(12)11(14)13-9(3)5-6-16(4)15/h8-10H,5-7,12H2,1-4H3,(H,13,14)/t9?,10-,16?/m1/s1. The van der Waals surface area contributed by atoms with E-state index in [-0.39, 0.29) is 11.9 Å². The molecule has 0 aliphatic heterocycles. The third-order valence-corrected chi connectivity index (χ3v) is 3.10. The van der Waals surface area contributed by atoms with Crippen LogP contribution in [0.15, 0.2) is 0 Å². The van der Waals surface area contributed by atoms with Crippen molar-refractivity contribution in [2.45, 2.75) is 45.7 Å².